The van der Waals surface area contributed by atoms with Gasteiger partial charge in [-0.05, 0) is 66.6 Å². The van der Waals surface area contributed by atoms with E-state index < -0.39 is 27.6 Å². The lowest BCUT2D eigenvalue weighted by atomic mass is 10.1. The third kappa shape index (κ3) is 6.26. The number of hydrogen-bond donors (Lipinski definition) is 1. The molecule has 1 heterocycles. The van der Waals surface area contributed by atoms with Crippen molar-refractivity contribution >= 4 is 15.7 Å². The van der Waals surface area contributed by atoms with Crippen LogP contribution in [0.1, 0.15) is 19.4 Å². The van der Waals surface area contributed by atoms with Crippen molar-refractivity contribution in [1.29, 1.82) is 0 Å². The smallest absolute Gasteiger partial charge is 0.416 e. The van der Waals surface area contributed by atoms with Gasteiger partial charge in [-0.25, -0.2) is 17.5 Å². The second-order valence-corrected chi connectivity index (χ2v) is 10.2. The van der Waals surface area contributed by atoms with Crippen LogP contribution in [0.25, 0.3) is 17.1 Å². The van der Waals surface area contributed by atoms with Crippen LogP contribution in [-0.2, 0) is 16.2 Å². The number of nitrogens with one attached hydrogen (secondary N) is 1. The summed E-state index contributed by atoms with van der Waals surface area (Å²) in [6.45, 7) is 4.22. The van der Waals surface area contributed by atoms with Gasteiger partial charge < -0.3 is 4.74 Å². The first kappa shape index (κ1) is 26.1. The third-order valence-corrected chi connectivity index (χ3v) is 6.49. The van der Waals surface area contributed by atoms with Gasteiger partial charge in [-0.3, -0.25) is 4.72 Å². The Labute approximate surface area is 210 Å². The molecule has 7 nitrogen and oxygen atoms in total. The van der Waals surface area contributed by atoms with Gasteiger partial charge in [0.1, 0.15) is 5.82 Å². The van der Waals surface area contributed by atoms with Gasteiger partial charge in [0, 0.05) is 11.3 Å². The SMILES string of the molecule is CC(C)COc1nc(-c2ccc(C(F)(F)F)cc2)n(-c2ccc(NS(=O)(=O)c3ccc(F)cc3)cc2)n1. The van der Waals surface area contributed by atoms with Gasteiger partial charge in [0.15, 0.2) is 5.82 Å². The molecular formula is C25H22F4N4O3S. The number of nitrogens with zero attached hydrogens (tertiary/aromatic N) is 3. The van der Waals surface area contributed by atoms with Crippen LogP contribution in [-0.4, -0.2) is 29.8 Å². The van der Waals surface area contributed by atoms with Crippen molar-refractivity contribution in [2.75, 3.05) is 11.3 Å². The second-order valence-electron chi connectivity index (χ2n) is 8.52. The normalized spacial score (nSPS) is 12.1. The molecule has 4 rings (SSSR count). The Morgan fingerprint density at radius 2 is 1.57 bits per heavy atom. The Bertz CT molecular complexity index is 1470. The first-order valence-electron chi connectivity index (χ1n) is 11.1. The van der Waals surface area contributed by atoms with E-state index in [-0.39, 0.29) is 28.3 Å². The molecule has 0 aliphatic rings. The van der Waals surface area contributed by atoms with Gasteiger partial charge in [0.25, 0.3) is 10.0 Å². The average Bonchev–Trinajstić information content (AvgIpc) is 3.27. The van der Waals surface area contributed by atoms with E-state index in [0.29, 0.717) is 17.9 Å². The maximum atomic E-state index is 13.1. The monoisotopic (exact) mass is 534 g/mol. The lowest BCUT2D eigenvalue weighted by molar-refractivity contribution is -0.137. The summed E-state index contributed by atoms with van der Waals surface area (Å²) in [6, 6.07) is 15.0. The van der Waals surface area contributed by atoms with Gasteiger partial charge in [0.05, 0.1) is 22.8 Å². The molecule has 0 amide bonds. The molecule has 194 valence electrons. The Kier molecular flexibility index (Phi) is 7.21. The molecule has 1 N–H and O–H groups in total. The predicted octanol–water partition coefficient (Wildman–Crippen LogP) is 5.93. The van der Waals surface area contributed by atoms with Crippen LogP contribution >= 0.6 is 0 Å². The molecule has 0 spiro atoms. The lowest BCUT2D eigenvalue weighted by Gasteiger charge is -2.10. The van der Waals surface area contributed by atoms with Crippen molar-refractivity contribution in [3.63, 3.8) is 0 Å². The highest BCUT2D eigenvalue weighted by Gasteiger charge is 2.30. The van der Waals surface area contributed by atoms with Gasteiger partial charge >= 0.3 is 12.2 Å². The minimum atomic E-state index is -4.48. The number of rotatable bonds is 8. The number of ether oxygens (including phenoxy) is 1. The number of benzene rings is 3. The summed E-state index contributed by atoms with van der Waals surface area (Å²) >= 11 is 0. The molecule has 0 radical (unpaired) electrons. The van der Waals surface area contributed by atoms with Crippen LogP contribution in [0, 0.1) is 11.7 Å². The van der Waals surface area contributed by atoms with Crippen LogP contribution in [0.5, 0.6) is 6.01 Å². The fourth-order valence-electron chi connectivity index (χ4n) is 3.27. The van der Waals surface area contributed by atoms with E-state index in [1.807, 2.05) is 13.8 Å². The molecular weight excluding hydrogens is 512 g/mol. The summed E-state index contributed by atoms with van der Waals surface area (Å²) in [7, 11) is -3.95. The lowest BCUT2D eigenvalue weighted by Crippen LogP contribution is -2.13. The van der Waals surface area contributed by atoms with Crippen LogP contribution in [0.3, 0.4) is 0 Å². The summed E-state index contributed by atoms with van der Waals surface area (Å²) in [5.41, 5.74) is 0.282. The van der Waals surface area contributed by atoms with Gasteiger partial charge in [-0.15, -0.1) is 5.10 Å². The Hall–Kier alpha value is -3.93. The first-order valence-corrected chi connectivity index (χ1v) is 12.6. The van der Waals surface area contributed by atoms with Crippen molar-refractivity contribution in [3.8, 4) is 23.1 Å². The molecule has 0 atom stereocenters. The van der Waals surface area contributed by atoms with Crippen LogP contribution in [0.2, 0.25) is 0 Å². The van der Waals surface area contributed by atoms with E-state index in [1.54, 1.807) is 12.1 Å². The first-order chi connectivity index (χ1) is 17.4. The highest BCUT2D eigenvalue weighted by atomic mass is 32.2. The van der Waals surface area contributed by atoms with Crippen molar-refractivity contribution in [3.05, 3.63) is 84.2 Å². The second kappa shape index (κ2) is 10.2. The van der Waals surface area contributed by atoms with Crippen LogP contribution < -0.4 is 9.46 Å². The molecule has 37 heavy (non-hydrogen) atoms. The Balaban J connectivity index is 1.64. The van der Waals surface area contributed by atoms with E-state index >= 15 is 0 Å². The number of anilines is 1. The highest BCUT2D eigenvalue weighted by molar-refractivity contribution is 7.92. The average molecular weight is 535 g/mol. The molecule has 0 saturated heterocycles. The van der Waals surface area contributed by atoms with E-state index in [4.69, 9.17) is 4.74 Å². The predicted molar refractivity (Wildman–Crippen MR) is 129 cm³/mol. The molecule has 12 heteroatoms. The van der Waals surface area contributed by atoms with Crippen molar-refractivity contribution in [1.82, 2.24) is 14.8 Å². The molecule has 4 aromatic rings. The maximum absolute atomic E-state index is 13.1. The molecule has 0 fully saturated rings. The molecule has 0 bridgehead atoms. The summed E-state index contributed by atoms with van der Waals surface area (Å²) in [5.74, 6) is -0.126. The standard InChI is InChI=1S/C25H22F4N4O3S/c1-16(2)15-36-24-30-23(17-3-5-18(6-4-17)25(27,28)29)33(31-24)21-11-9-20(10-12-21)32-37(34,35)22-13-7-19(26)8-14-22/h3-14,16,32H,15H2,1-2H3. The van der Waals surface area contributed by atoms with Gasteiger partial charge in [0.2, 0.25) is 0 Å². The molecule has 0 aliphatic heterocycles. The summed E-state index contributed by atoms with van der Waals surface area (Å²) < 4.78 is 86.7. The number of sulfonamides is 1. The Morgan fingerprint density at radius 1 is 0.946 bits per heavy atom. The molecule has 0 saturated carbocycles. The summed E-state index contributed by atoms with van der Waals surface area (Å²) in [6.07, 6.45) is -4.48. The Morgan fingerprint density at radius 3 is 2.14 bits per heavy atom. The van der Waals surface area contributed by atoms with Crippen LogP contribution in [0.4, 0.5) is 23.2 Å². The molecule has 1 aromatic heterocycles. The van der Waals surface area contributed by atoms with Crippen molar-refractivity contribution < 1.29 is 30.7 Å². The molecule has 3 aromatic carbocycles. The highest BCUT2D eigenvalue weighted by Crippen LogP contribution is 2.32. The zero-order chi connectivity index (χ0) is 26.8. The number of alkyl halides is 3. The minimum Gasteiger partial charge on any atom is -0.462 e. The van der Waals surface area contributed by atoms with Gasteiger partial charge in [-0.2, -0.15) is 18.2 Å². The molecule has 0 unspecified atom stereocenters. The fraction of sp³-hybridized carbons (Fsp3) is 0.200. The van der Waals surface area contributed by atoms with E-state index in [0.717, 1.165) is 36.4 Å². The number of aromatic nitrogens is 3. The largest absolute Gasteiger partial charge is 0.462 e. The summed E-state index contributed by atoms with van der Waals surface area (Å²) in [4.78, 5) is 4.25. The maximum Gasteiger partial charge on any atom is 0.416 e. The van der Waals surface area contributed by atoms with E-state index in [2.05, 4.69) is 14.8 Å². The zero-order valence-electron chi connectivity index (χ0n) is 19.7. The van der Waals surface area contributed by atoms with Crippen LogP contribution in [0.15, 0.2) is 77.7 Å². The van der Waals surface area contributed by atoms with Crippen molar-refractivity contribution in [2.24, 2.45) is 5.92 Å². The summed E-state index contributed by atoms with van der Waals surface area (Å²) in [5, 5.41) is 4.35. The fourth-order valence-corrected chi connectivity index (χ4v) is 4.33. The van der Waals surface area contributed by atoms with Gasteiger partial charge in [-0.1, -0.05) is 26.0 Å². The minimum absolute atomic E-state index is 0.0460. The number of halogens is 4. The van der Waals surface area contributed by atoms with E-state index in [9.17, 15) is 26.0 Å². The van der Waals surface area contributed by atoms with Crippen molar-refractivity contribution in [2.45, 2.75) is 24.9 Å². The zero-order valence-corrected chi connectivity index (χ0v) is 20.5. The third-order valence-electron chi connectivity index (χ3n) is 5.09. The topological polar surface area (TPSA) is 86.1 Å². The quantitative estimate of drug-likeness (QED) is 0.283. The van der Waals surface area contributed by atoms with E-state index in [1.165, 1.54) is 28.9 Å². The molecule has 0 aliphatic carbocycles. The number of hydrogen-bond acceptors (Lipinski definition) is 5.